The van der Waals surface area contributed by atoms with Crippen molar-refractivity contribution >= 4 is 11.6 Å². The van der Waals surface area contributed by atoms with E-state index in [2.05, 4.69) is 5.32 Å². The van der Waals surface area contributed by atoms with E-state index in [0.29, 0.717) is 11.1 Å². The molecule has 4 heteroatoms. The molecule has 3 nitrogen and oxygen atoms in total. The van der Waals surface area contributed by atoms with Crippen molar-refractivity contribution in [3.8, 4) is 5.75 Å². The Balaban J connectivity index is 1.66. The van der Waals surface area contributed by atoms with E-state index in [1.807, 2.05) is 31.2 Å². The van der Waals surface area contributed by atoms with Gasteiger partial charge in [0.1, 0.15) is 11.9 Å². The fourth-order valence-corrected chi connectivity index (χ4v) is 2.25. The minimum Gasteiger partial charge on any atom is -0.489 e. The van der Waals surface area contributed by atoms with E-state index in [1.54, 1.807) is 0 Å². The second kappa shape index (κ2) is 6.98. The number of ether oxygens (including phenoxy) is 2. The molecule has 1 heterocycles. The second-order valence-electron chi connectivity index (χ2n) is 4.68. The predicted molar refractivity (Wildman–Crippen MR) is 73.4 cm³/mol. The molecule has 100 valence electrons. The van der Waals surface area contributed by atoms with Gasteiger partial charge >= 0.3 is 0 Å². The maximum absolute atomic E-state index is 5.91. The number of rotatable bonds is 6. The van der Waals surface area contributed by atoms with E-state index >= 15 is 0 Å². The molecule has 0 aliphatic carbocycles. The summed E-state index contributed by atoms with van der Waals surface area (Å²) in [6.07, 6.45) is 2.84. The van der Waals surface area contributed by atoms with Crippen LogP contribution in [0.25, 0.3) is 0 Å². The van der Waals surface area contributed by atoms with Crippen LogP contribution in [0.1, 0.15) is 19.8 Å². The van der Waals surface area contributed by atoms with Gasteiger partial charge in [-0.3, -0.25) is 0 Å². The number of benzene rings is 1. The molecule has 1 N–H and O–H groups in total. The average molecular weight is 270 g/mol. The summed E-state index contributed by atoms with van der Waals surface area (Å²) in [5, 5.41) is 4.08. The minimum absolute atomic E-state index is 0.116. The van der Waals surface area contributed by atoms with Gasteiger partial charge in [-0.15, -0.1) is 0 Å². The van der Waals surface area contributed by atoms with E-state index < -0.39 is 0 Å². The highest BCUT2D eigenvalue weighted by molar-refractivity contribution is 6.30. The third-order valence-corrected chi connectivity index (χ3v) is 3.20. The minimum atomic E-state index is 0.116. The van der Waals surface area contributed by atoms with Crippen LogP contribution in [0.3, 0.4) is 0 Å². The first-order valence-electron chi connectivity index (χ1n) is 6.48. The number of nitrogens with one attached hydrogen (secondary N) is 1. The van der Waals surface area contributed by atoms with Crippen molar-refractivity contribution in [2.24, 2.45) is 0 Å². The zero-order valence-electron chi connectivity index (χ0n) is 10.7. The third-order valence-electron chi connectivity index (χ3n) is 2.96. The van der Waals surface area contributed by atoms with Gasteiger partial charge < -0.3 is 14.8 Å². The molecule has 18 heavy (non-hydrogen) atoms. The summed E-state index contributed by atoms with van der Waals surface area (Å²) in [5.41, 5.74) is 0. The van der Waals surface area contributed by atoms with Crippen LogP contribution in [-0.4, -0.2) is 31.9 Å². The topological polar surface area (TPSA) is 30.5 Å². The maximum Gasteiger partial charge on any atom is 0.121 e. The van der Waals surface area contributed by atoms with Crippen molar-refractivity contribution < 1.29 is 9.47 Å². The van der Waals surface area contributed by atoms with E-state index in [-0.39, 0.29) is 6.10 Å². The highest BCUT2D eigenvalue weighted by atomic mass is 35.5. The van der Waals surface area contributed by atoms with E-state index in [4.69, 9.17) is 21.1 Å². The Hall–Kier alpha value is -0.770. The van der Waals surface area contributed by atoms with Gasteiger partial charge in [0.25, 0.3) is 0 Å². The predicted octanol–water partition coefficient (Wildman–Crippen LogP) is 2.88. The fraction of sp³-hybridized carbons (Fsp3) is 0.571. The van der Waals surface area contributed by atoms with Gasteiger partial charge in [-0.05, 0) is 38.0 Å². The molecule has 0 saturated carbocycles. The van der Waals surface area contributed by atoms with Gasteiger partial charge in [-0.25, -0.2) is 0 Å². The Morgan fingerprint density at radius 1 is 1.56 bits per heavy atom. The van der Waals surface area contributed by atoms with Gasteiger partial charge in [-0.2, -0.15) is 0 Å². The molecule has 0 aromatic heterocycles. The van der Waals surface area contributed by atoms with Crippen molar-refractivity contribution in [1.82, 2.24) is 5.32 Å². The number of hydrogen-bond acceptors (Lipinski definition) is 3. The van der Waals surface area contributed by atoms with Crippen molar-refractivity contribution in [1.29, 1.82) is 0 Å². The van der Waals surface area contributed by atoms with Crippen LogP contribution in [0.2, 0.25) is 5.02 Å². The summed E-state index contributed by atoms with van der Waals surface area (Å²) in [5.74, 6) is 0.814. The molecule has 2 atom stereocenters. The molecule has 0 spiro atoms. The van der Waals surface area contributed by atoms with Crippen LogP contribution in [-0.2, 0) is 4.74 Å². The molecule has 1 aromatic rings. The highest BCUT2D eigenvalue weighted by Gasteiger charge is 2.15. The first-order valence-corrected chi connectivity index (χ1v) is 6.86. The summed E-state index contributed by atoms with van der Waals surface area (Å²) in [6, 6.07) is 7.49. The molecule has 1 aliphatic rings. The normalized spacial score (nSPS) is 20.9. The van der Waals surface area contributed by atoms with E-state index in [9.17, 15) is 0 Å². The van der Waals surface area contributed by atoms with Crippen molar-refractivity contribution in [3.05, 3.63) is 29.3 Å². The number of hydrogen-bond donors (Lipinski definition) is 1. The van der Waals surface area contributed by atoms with Crippen LogP contribution < -0.4 is 10.1 Å². The zero-order valence-corrected chi connectivity index (χ0v) is 11.5. The number of halogens is 1. The van der Waals surface area contributed by atoms with Gasteiger partial charge in [0.05, 0.1) is 6.10 Å². The van der Waals surface area contributed by atoms with Crippen LogP contribution >= 0.6 is 11.6 Å². The quantitative estimate of drug-likeness (QED) is 0.861. The molecule has 1 saturated heterocycles. The summed E-state index contributed by atoms with van der Waals surface area (Å²) in [7, 11) is 0. The lowest BCUT2D eigenvalue weighted by molar-refractivity contribution is 0.106. The monoisotopic (exact) mass is 269 g/mol. The van der Waals surface area contributed by atoms with E-state index in [1.165, 1.54) is 6.42 Å². The lowest BCUT2D eigenvalue weighted by atomic mass is 10.2. The first kappa shape index (κ1) is 13.7. The summed E-state index contributed by atoms with van der Waals surface area (Å²) in [4.78, 5) is 0. The average Bonchev–Trinajstić information content (AvgIpc) is 2.82. The van der Waals surface area contributed by atoms with Crippen LogP contribution in [0.4, 0.5) is 0 Å². The molecule has 0 radical (unpaired) electrons. The van der Waals surface area contributed by atoms with Crippen LogP contribution in [0.5, 0.6) is 5.75 Å². The van der Waals surface area contributed by atoms with Crippen LogP contribution in [0, 0.1) is 0 Å². The van der Waals surface area contributed by atoms with Crippen molar-refractivity contribution in [2.75, 3.05) is 19.7 Å². The van der Waals surface area contributed by atoms with Gasteiger partial charge in [-0.1, -0.05) is 17.7 Å². The third kappa shape index (κ3) is 4.48. The smallest absolute Gasteiger partial charge is 0.121 e. The molecule has 0 bridgehead atoms. The highest BCUT2D eigenvalue weighted by Crippen LogP contribution is 2.18. The Labute approximate surface area is 113 Å². The molecule has 2 rings (SSSR count). The summed E-state index contributed by atoms with van der Waals surface area (Å²) >= 11 is 5.91. The molecule has 1 aliphatic heterocycles. The van der Waals surface area contributed by atoms with Crippen LogP contribution in [0.15, 0.2) is 24.3 Å². The SMILES string of the molecule is CC(CNCC1CCCO1)Oc1cccc(Cl)c1. The van der Waals surface area contributed by atoms with Gasteiger partial charge in [0, 0.05) is 24.7 Å². The van der Waals surface area contributed by atoms with Gasteiger partial charge in [0.2, 0.25) is 0 Å². The molecule has 1 aromatic carbocycles. The Bertz CT molecular complexity index is 367. The summed E-state index contributed by atoms with van der Waals surface area (Å²) < 4.78 is 11.3. The van der Waals surface area contributed by atoms with Crippen molar-refractivity contribution in [2.45, 2.75) is 32.0 Å². The Kier molecular flexibility index (Phi) is 5.29. The zero-order chi connectivity index (χ0) is 12.8. The van der Waals surface area contributed by atoms with Crippen molar-refractivity contribution in [3.63, 3.8) is 0 Å². The largest absolute Gasteiger partial charge is 0.489 e. The second-order valence-corrected chi connectivity index (χ2v) is 5.12. The standard InChI is InChI=1S/C14H20ClNO2/c1-11(9-16-10-14-6-3-7-17-14)18-13-5-2-4-12(15)8-13/h2,4-5,8,11,14,16H,3,6-7,9-10H2,1H3. The molecular weight excluding hydrogens is 250 g/mol. The molecular formula is C14H20ClNO2. The molecule has 0 amide bonds. The Morgan fingerprint density at radius 3 is 3.17 bits per heavy atom. The lowest BCUT2D eigenvalue weighted by Gasteiger charge is -2.17. The van der Waals surface area contributed by atoms with Gasteiger partial charge in [0.15, 0.2) is 0 Å². The molecule has 1 fully saturated rings. The summed E-state index contributed by atoms with van der Waals surface area (Å²) in [6.45, 7) is 4.67. The first-order chi connectivity index (χ1) is 8.74. The lowest BCUT2D eigenvalue weighted by Crippen LogP contribution is -2.34. The van der Waals surface area contributed by atoms with E-state index in [0.717, 1.165) is 31.9 Å². The Morgan fingerprint density at radius 2 is 2.44 bits per heavy atom. The molecule has 2 unspecified atom stereocenters. The fourth-order valence-electron chi connectivity index (χ4n) is 2.07. The maximum atomic E-state index is 5.91.